The lowest BCUT2D eigenvalue weighted by atomic mass is 10.1. The van der Waals surface area contributed by atoms with Gasteiger partial charge in [0.05, 0.1) is 22.2 Å². The summed E-state index contributed by atoms with van der Waals surface area (Å²) in [7, 11) is 0. The Morgan fingerprint density at radius 1 is 1.12 bits per heavy atom. The monoisotopic (exact) mass is 353 g/mol. The summed E-state index contributed by atoms with van der Waals surface area (Å²) in [5, 5.41) is 10.3. The van der Waals surface area contributed by atoms with Gasteiger partial charge in [-0.25, -0.2) is 4.79 Å². The molecule has 0 saturated carbocycles. The number of benzene rings is 2. The Morgan fingerprint density at radius 2 is 1.88 bits per heavy atom. The maximum atomic E-state index is 12.8. The van der Waals surface area contributed by atoms with Gasteiger partial charge in [0.15, 0.2) is 5.58 Å². The fraction of sp³-hybridized carbons (Fsp3) is 0.0625. The summed E-state index contributed by atoms with van der Waals surface area (Å²) in [5.41, 5.74) is 0.207. The lowest BCUT2D eigenvalue weighted by molar-refractivity contribution is -0.137. The van der Waals surface area contributed by atoms with Crippen LogP contribution in [0.4, 0.5) is 13.2 Å². The van der Waals surface area contributed by atoms with Crippen LogP contribution in [0.25, 0.3) is 33.0 Å². The van der Waals surface area contributed by atoms with Crippen molar-refractivity contribution >= 4 is 50.5 Å². The summed E-state index contributed by atoms with van der Waals surface area (Å²) in [5.74, 6) is -1.17. The molecule has 24 heavy (non-hydrogen) atoms. The van der Waals surface area contributed by atoms with Crippen LogP contribution in [0, 0.1) is 0 Å². The van der Waals surface area contributed by atoms with Crippen LogP contribution in [0.3, 0.4) is 0 Å². The van der Waals surface area contributed by atoms with Crippen molar-refractivity contribution in [3.8, 4) is 0 Å². The molecule has 4 nitrogen and oxygen atoms in total. The number of furan rings is 1. The number of rotatable bonds is 1. The van der Waals surface area contributed by atoms with Crippen LogP contribution in [-0.2, 0) is 6.18 Å². The smallest absolute Gasteiger partial charge is 0.416 e. The molecule has 0 fully saturated rings. The van der Waals surface area contributed by atoms with Crippen molar-refractivity contribution in [1.29, 1.82) is 0 Å². The van der Waals surface area contributed by atoms with Crippen LogP contribution in [0.15, 0.2) is 34.7 Å². The zero-order valence-electron chi connectivity index (χ0n) is 11.7. The Kier molecular flexibility index (Phi) is 2.90. The second-order valence-corrected chi connectivity index (χ2v) is 5.76. The Labute approximate surface area is 136 Å². The molecule has 2 aromatic carbocycles. The maximum absolute atomic E-state index is 12.8. The highest BCUT2D eigenvalue weighted by Crippen LogP contribution is 2.39. The summed E-state index contributed by atoms with van der Waals surface area (Å²) in [4.78, 5) is 14.3. The summed E-state index contributed by atoms with van der Waals surface area (Å²) < 4.78 is 44.0. The fourth-order valence-corrected chi connectivity index (χ4v) is 3.02. The fourth-order valence-electron chi connectivity index (χ4n) is 2.80. The van der Waals surface area contributed by atoms with Crippen LogP contribution < -0.4 is 0 Å². The number of aromatic nitrogens is 1. The molecule has 0 radical (unpaired) electrons. The van der Waals surface area contributed by atoms with E-state index in [-0.39, 0.29) is 21.8 Å². The zero-order valence-corrected chi connectivity index (χ0v) is 12.4. The molecule has 2 heterocycles. The molecule has 4 aromatic rings. The van der Waals surface area contributed by atoms with E-state index in [0.29, 0.717) is 21.8 Å². The number of nitrogens with one attached hydrogen (secondary N) is 1. The minimum Gasteiger partial charge on any atom is -0.478 e. The number of carboxylic acids is 1. The predicted molar refractivity (Wildman–Crippen MR) is 82.5 cm³/mol. The normalized spacial score (nSPS) is 12.5. The standard InChI is InChI=1S/C16H7ClF3NO3/c17-7-4-9-12(10(5-7)15(22)23)21-13-8-2-1-6(16(18,19)20)3-11(8)24-14(9)13/h1-5,21H,(H,22,23). The summed E-state index contributed by atoms with van der Waals surface area (Å²) >= 11 is 5.94. The SMILES string of the molecule is O=C(O)c1cc(Cl)cc2c1[nH]c1c3ccc(C(F)(F)F)cc3oc21. The van der Waals surface area contributed by atoms with Crippen molar-refractivity contribution < 1.29 is 27.5 Å². The molecule has 0 unspecified atom stereocenters. The van der Waals surface area contributed by atoms with Crippen molar-refractivity contribution in [1.82, 2.24) is 4.98 Å². The van der Waals surface area contributed by atoms with Crippen LogP contribution in [-0.4, -0.2) is 16.1 Å². The van der Waals surface area contributed by atoms with E-state index in [1.54, 1.807) is 0 Å². The van der Waals surface area contributed by atoms with Gasteiger partial charge in [-0.1, -0.05) is 11.6 Å². The van der Waals surface area contributed by atoms with Gasteiger partial charge in [0.2, 0.25) is 0 Å². The van der Waals surface area contributed by atoms with E-state index < -0.39 is 17.7 Å². The molecule has 122 valence electrons. The van der Waals surface area contributed by atoms with E-state index in [4.69, 9.17) is 16.0 Å². The van der Waals surface area contributed by atoms with Gasteiger partial charge < -0.3 is 14.5 Å². The van der Waals surface area contributed by atoms with Crippen molar-refractivity contribution in [2.75, 3.05) is 0 Å². The molecule has 0 aliphatic carbocycles. The Balaban J connectivity index is 2.10. The van der Waals surface area contributed by atoms with Crippen molar-refractivity contribution in [2.45, 2.75) is 6.18 Å². The quantitative estimate of drug-likeness (QED) is 0.479. The van der Waals surface area contributed by atoms with Gasteiger partial charge in [0.25, 0.3) is 0 Å². The molecule has 0 spiro atoms. The average Bonchev–Trinajstić information content (AvgIpc) is 3.01. The molecule has 2 N–H and O–H groups in total. The molecule has 8 heteroatoms. The van der Waals surface area contributed by atoms with E-state index in [2.05, 4.69) is 4.98 Å². The second-order valence-electron chi connectivity index (χ2n) is 5.32. The first kappa shape index (κ1) is 14.9. The van der Waals surface area contributed by atoms with Gasteiger partial charge in [-0.3, -0.25) is 0 Å². The van der Waals surface area contributed by atoms with Gasteiger partial charge >= 0.3 is 12.1 Å². The minimum absolute atomic E-state index is 0.0380. The highest BCUT2D eigenvalue weighted by Gasteiger charge is 2.31. The first-order valence-electron chi connectivity index (χ1n) is 6.73. The highest BCUT2D eigenvalue weighted by atomic mass is 35.5. The number of hydrogen-bond donors (Lipinski definition) is 2. The number of alkyl halides is 3. The maximum Gasteiger partial charge on any atom is 0.416 e. The first-order valence-corrected chi connectivity index (χ1v) is 7.11. The van der Waals surface area contributed by atoms with E-state index in [1.165, 1.54) is 18.2 Å². The summed E-state index contributed by atoms with van der Waals surface area (Å²) in [6.45, 7) is 0. The van der Waals surface area contributed by atoms with Crippen LogP contribution in [0.5, 0.6) is 0 Å². The predicted octanol–water partition coefficient (Wildman–Crippen LogP) is 5.44. The highest BCUT2D eigenvalue weighted by molar-refractivity contribution is 6.33. The number of aromatic carboxylic acids is 1. The van der Waals surface area contributed by atoms with Crippen LogP contribution in [0.1, 0.15) is 15.9 Å². The number of H-pyrrole nitrogens is 1. The Bertz CT molecular complexity index is 1140. The topological polar surface area (TPSA) is 66.2 Å². The minimum atomic E-state index is -4.48. The number of halogens is 4. The van der Waals surface area contributed by atoms with Crippen LogP contribution >= 0.6 is 11.6 Å². The summed E-state index contributed by atoms with van der Waals surface area (Å²) in [6.07, 6.45) is -4.48. The third-order valence-electron chi connectivity index (χ3n) is 3.85. The van der Waals surface area contributed by atoms with E-state index in [9.17, 15) is 23.1 Å². The number of hydrogen-bond acceptors (Lipinski definition) is 2. The van der Waals surface area contributed by atoms with Gasteiger partial charge in [-0.2, -0.15) is 13.2 Å². The number of aromatic amines is 1. The molecule has 2 aromatic heterocycles. The number of carboxylic acid groups (broad SMARTS) is 1. The van der Waals surface area contributed by atoms with Crippen LogP contribution in [0.2, 0.25) is 5.02 Å². The largest absolute Gasteiger partial charge is 0.478 e. The summed E-state index contributed by atoms with van der Waals surface area (Å²) in [6, 6.07) is 5.97. The van der Waals surface area contributed by atoms with Gasteiger partial charge in [0, 0.05) is 15.8 Å². The molecule has 0 aliphatic heterocycles. The molecular formula is C16H7ClF3NO3. The van der Waals surface area contributed by atoms with Gasteiger partial charge in [-0.15, -0.1) is 0 Å². The van der Waals surface area contributed by atoms with Gasteiger partial charge in [0.1, 0.15) is 5.58 Å². The van der Waals surface area contributed by atoms with E-state index in [0.717, 1.165) is 12.1 Å². The first-order chi connectivity index (χ1) is 11.3. The molecule has 0 bridgehead atoms. The lowest BCUT2D eigenvalue weighted by Crippen LogP contribution is -2.03. The van der Waals surface area contributed by atoms with Crippen molar-refractivity contribution in [3.05, 3.63) is 46.5 Å². The Hall–Kier alpha value is -2.67. The van der Waals surface area contributed by atoms with E-state index in [1.807, 2.05) is 0 Å². The second kappa shape index (κ2) is 4.67. The number of fused-ring (bicyclic) bond motifs is 5. The van der Waals surface area contributed by atoms with Crippen molar-refractivity contribution in [3.63, 3.8) is 0 Å². The zero-order chi connectivity index (χ0) is 17.2. The molecule has 4 rings (SSSR count). The Morgan fingerprint density at radius 3 is 2.54 bits per heavy atom. The van der Waals surface area contributed by atoms with E-state index >= 15 is 0 Å². The molecule has 0 amide bonds. The molecule has 0 aliphatic rings. The number of carbonyl (C=O) groups is 1. The van der Waals surface area contributed by atoms with Crippen molar-refractivity contribution in [2.24, 2.45) is 0 Å². The lowest BCUT2D eigenvalue weighted by Gasteiger charge is -2.05. The molecule has 0 saturated heterocycles. The molecular weight excluding hydrogens is 347 g/mol. The average molecular weight is 354 g/mol. The third-order valence-corrected chi connectivity index (χ3v) is 4.06. The molecule has 0 atom stereocenters. The third kappa shape index (κ3) is 2.05. The van der Waals surface area contributed by atoms with Gasteiger partial charge in [-0.05, 0) is 30.3 Å².